The largest absolute Gasteiger partial charge is 0.370 e. The SMILES string of the molecule is CCc1ccc(C2N=C(N)NC2=O)s1. The molecule has 0 fully saturated rings. The van der Waals surface area contributed by atoms with Crippen LogP contribution in [0.25, 0.3) is 0 Å². The normalized spacial score (nSPS) is 20.8. The lowest BCUT2D eigenvalue weighted by atomic mass is 10.2. The van der Waals surface area contributed by atoms with E-state index in [4.69, 9.17) is 5.73 Å². The van der Waals surface area contributed by atoms with E-state index >= 15 is 0 Å². The van der Waals surface area contributed by atoms with Gasteiger partial charge in [-0.3, -0.25) is 10.1 Å². The summed E-state index contributed by atoms with van der Waals surface area (Å²) in [7, 11) is 0. The Morgan fingerprint density at radius 3 is 2.93 bits per heavy atom. The van der Waals surface area contributed by atoms with Crippen LogP contribution in [-0.4, -0.2) is 11.9 Å². The van der Waals surface area contributed by atoms with Gasteiger partial charge in [-0.1, -0.05) is 6.92 Å². The van der Waals surface area contributed by atoms with Crippen molar-refractivity contribution in [2.45, 2.75) is 19.4 Å². The van der Waals surface area contributed by atoms with E-state index in [9.17, 15) is 4.79 Å². The number of guanidine groups is 1. The molecule has 74 valence electrons. The fourth-order valence-corrected chi connectivity index (χ4v) is 2.34. The summed E-state index contributed by atoms with van der Waals surface area (Å²) < 4.78 is 0. The molecule has 1 aromatic rings. The molecule has 0 bridgehead atoms. The molecule has 5 heteroatoms. The maximum Gasteiger partial charge on any atom is 0.257 e. The second kappa shape index (κ2) is 3.42. The average molecular weight is 209 g/mol. The Hall–Kier alpha value is -1.36. The van der Waals surface area contributed by atoms with E-state index in [0.717, 1.165) is 11.3 Å². The van der Waals surface area contributed by atoms with Crippen molar-refractivity contribution in [2.24, 2.45) is 10.7 Å². The van der Waals surface area contributed by atoms with Gasteiger partial charge in [-0.25, -0.2) is 4.99 Å². The van der Waals surface area contributed by atoms with Crippen molar-refractivity contribution in [3.8, 4) is 0 Å². The number of amides is 1. The third-order valence-electron chi connectivity index (χ3n) is 2.07. The molecule has 1 atom stereocenters. The van der Waals surface area contributed by atoms with Crippen molar-refractivity contribution < 1.29 is 4.79 Å². The summed E-state index contributed by atoms with van der Waals surface area (Å²) in [5.74, 6) is 0.0819. The number of nitrogens with two attached hydrogens (primary N) is 1. The molecule has 0 aliphatic carbocycles. The first-order valence-corrected chi connectivity index (χ1v) is 5.25. The topological polar surface area (TPSA) is 67.5 Å². The summed E-state index contributed by atoms with van der Waals surface area (Å²) in [6.07, 6.45) is 0.984. The first kappa shape index (κ1) is 9.21. The van der Waals surface area contributed by atoms with Crippen LogP contribution in [0.2, 0.25) is 0 Å². The van der Waals surface area contributed by atoms with Crippen LogP contribution in [0.1, 0.15) is 22.7 Å². The van der Waals surface area contributed by atoms with Gasteiger partial charge in [0.1, 0.15) is 0 Å². The number of aryl methyl sites for hydroxylation is 1. The number of aliphatic imine (C=N–C) groups is 1. The predicted molar refractivity (Wildman–Crippen MR) is 56.2 cm³/mol. The second-order valence-electron chi connectivity index (χ2n) is 3.06. The molecule has 0 saturated carbocycles. The zero-order valence-electron chi connectivity index (χ0n) is 7.78. The second-order valence-corrected chi connectivity index (χ2v) is 4.26. The van der Waals surface area contributed by atoms with Crippen LogP contribution in [0.3, 0.4) is 0 Å². The molecule has 0 radical (unpaired) electrons. The van der Waals surface area contributed by atoms with Gasteiger partial charge in [0.25, 0.3) is 5.91 Å². The highest BCUT2D eigenvalue weighted by molar-refractivity contribution is 7.12. The van der Waals surface area contributed by atoms with E-state index in [0.29, 0.717) is 0 Å². The van der Waals surface area contributed by atoms with Crippen molar-refractivity contribution in [1.82, 2.24) is 5.32 Å². The highest BCUT2D eigenvalue weighted by Gasteiger charge is 2.27. The number of thiophene rings is 1. The third kappa shape index (κ3) is 1.50. The van der Waals surface area contributed by atoms with E-state index in [1.165, 1.54) is 4.88 Å². The summed E-state index contributed by atoms with van der Waals surface area (Å²) in [5, 5.41) is 2.49. The number of hydrogen-bond acceptors (Lipinski definition) is 4. The first-order chi connectivity index (χ1) is 6.70. The predicted octanol–water partition coefficient (Wildman–Crippen LogP) is 0.796. The summed E-state index contributed by atoms with van der Waals surface area (Å²) in [6, 6.07) is 3.54. The highest BCUT2D eigenvalue weighted by Crippen LogP contribution is 2.28. The zero-order valence-corrected chi connectivity index (χ0v) is 8.60. The molecule has 0 aromatic carbocycles. The molecule has 3 N–H and O–H groups in total. The van der Waals surface area contributed by atoms with E-state index in [1.54, 1.807) is 11.3 Å². The van der Waals surface area contributed by atoms with Crippen molar-refractivity contribution in [1.29, 1.82) is 0 Å². The fourth-order valence-electron chi connectivity index (χ4n) is 1.35. The molecule has 1 unspecified atom stereocenters. The van der Waals surface area contributed by atoms with Gasteiger partial charge >= 0.3 is 0 Å². The Morgan fingerprint density at radius 1 is 1.64 bits per heavy atom. The lowest BCUT2D eigenvalue weighted by molar-refractivity contribution is -0.120. The van der Waals surface area contributed by atoms with Gasteiger partial charge in [0, 0.05) is 9.75 Å². The van der Waals surface area contributed by atoms with Gasteiger partial charge in [0.05, 0.1) is 0 Å². The summed E-state index contributed by atoms with van der Waals surface area (Å²) >= 11 is 1.61. The quantitative estimate of drug-likeness (QED) is 0.756. The maximum absolute atomic E-state index is 11.4. The van der Waals surface area contributed by atoms with Gasteiger partial charge in [0.15, 0.2) is 12.0 Å². The van der Waals surface area contributed by atoms with Gasteiger partial charge in [-0.2, -0.15) is 0 Å². The van der Waals surface area contributed by atoms with Gasteiger partial charge in [-0.15, -0.1) is 11.3 Å². The van der Waals surface area contributed by atoms with E-state index < -0.39 is 6.04 Å². The van der Waals surface area contributed by atoms with Crippen LogP contribution in [0, 0.1) is 0 Å². The molecule has 14 heavy (non-hydrogen) atoms. The fraction of sp³-hybridized carbons (Fsp3) is 0.333. The number of hydrogen-bond donors (Lipinski definition) is 2. The van der Waals surface area contributed by atoms with Gasteiger partial charge in [-0.05, 0) is 18.6 Å². The number of carbonyl (C=O) groups is 1. The number of rotatable bonds is 2. The Balaban J connectivity index is 2.27. The van der Waals surface area contributed by atoms with Crippen LogP contribution < -0.4 is 11.1 Å². The monoisotopic (exact) mass is 209 g/mol. The van der Waals surface area contributed by atoms with Crippen LogP contribution in [0.4, 0.5) is 0 Å². The Morgan fingerprint density at radius 2 is 2.43 bits per heavy atom. The molecule has 0 saturated heterocycles. The number of carbonyl (C=O) groups excluding carboxylic acids is 1. The molecular weight excluding hydrogens is 198 g/mol. The van der Waals surface area contributed by atoms with Crippen molar-refractivity contribution >= 4 is 23.2 Å². The molecule has 1 amide bonds. The number of nitrogens with zero attached hydrogens (tertiary/aromatic N) is 1. The molecule has 1 aliphatic heterocycles. The Bertz CT molecular complexity index is 397. The first-order valence-electron chi connectivity index (χ1n) is 4.43. The smallest absolute Gasteiger partial charge is 0.257 e. The van der Waals surface area contributed by atoms with Crippen molar-refractivity contribution in [3.05, 3.63) is 21.9 Å². The highest BCUT2D eigenvalue weighted by atomic mass is 32.1. The third-order valence-corrected chi connectivity index (χ3v) is 3.35. The van der Waals surface area contributed by atoms with Gasteiger partial charge in [0.2, 0.25) is 0 Å². The summed E-state index contributed by atoms with van der Waals surface area (Å²) in [4.78, 5) is 17.6. The Kier molecular flexibility index (Phi) is 2.25. The lowest BCUT2D eigenvalue weighted by Gasteiger charge is -1.99. The minimum Gasteiger partial charge on any atom is -0.370 e. The van der Waals surface area contributed by atoms with Crippen LogP contribution in [0.5, 0.6) is 0 Å². The minimum absolute atomic E-state index is 0.132. The molecule has 1 aromatic heterocycles. The molecule has 2 heterocycles. The molecule has 1 aliphatic rings. The van der Waals surface area contributed by atoms with E-state index in [-0.39, 0.29) is 11.9 Å². The standard InChI is InChI=1S/C9H11N3OS/c1-2-5-3-4-6(14-5)7-8(13)12-9(10)11-7/h3-4,7H,2H2,1H3,(H3,10,11,12,13). The summed E-state index contributed by atoms with van der Waals surface area (Å²) in [6.45, 7) is 2.09. The Labute approximate surface area is 85.8 Å². The molecule has 2 rings (SSSR count). The molecule has 0 spiro atoms. The van der Waals surface area contributed by atoms with Crippen LogP contribution >= 0.6 is 11.3 Å². The van der Waals surface area contributed by atoms with Gasteiger partial charge < -0.3 is 5.73 Å². The van der Waals surface area contributed by atoms with Crippen LogP contribution in [0.15, 0.2) is 17.1 Å². The van der Waals surface area contributed by atoms with E-state index in [1.807, 2.05) is 12.1 Å². The van der Waals surface area contributed by atoms with Crippen LogP contribution in [-0.2, 0) is 11.2 Å². The van der Waals surface area contributed by atoms with Crippen molar-refractivity contribution in [2.75, 3.05) is 0 Å². The van der Waals surface area contributed by atoms with Crippen molar-refractivity contribution in [3.63, 3.8) is 0 Å². The number of nitrogens with one attached hydrogen (secondary N) is 1. The van der Waals surface area contributed by atoms with E-state index in [2.05, 4.69) is 17.2 Å². The average Bonchev–Trinajstić information content (AvgIpc) is 2.71. The lowest BCUT2D eigenvalue weighted by Crippen LogP contribution is -2.31. The maximum atomic E-state index is 11.4. The molecule has 4 nitrogen and oxygen atoms in total. The summed E-state index contributed by atoms with van der Waals surface area (Å²) in [5.41, 5.74) is 5.41. The molecular formula is C9H11N3OS. The zero-order chi connectivity index (χ0) is 10.1. The minimum atomic E-state index is -0.430.